The van der Waals surface area contributed by atoms with Crippen LogP contribution in [0.1, 0.15) is 104 Å². The highest BCUT2D eigenvalue weighted by Crippen LogP contribution is 2.46. The Morgan fingerprint density at radius 2 is 1.79 bits per heavy atom. The Labute approximate surface area is 335 Å². The van der Waals surface area contributed by atoms with Gasteiger partial charge in [-0.15, -0.1) is 0 Å². The second-order valence-corrected chi connectivity index (χ2v) is 19.2. The summed E-state index contributed by atoms with van der Waals surface area (Å²) in [7, 11) is -3.91. The SMILES string of the molecule is CC(C)NCCOc1ccc2c(c1)CN(C(=O)O[C@@H]1CC3C(=O)N[C@]4(C(=O)NS(=O)(=O)C5CC5)C[C@@H]4/C=C\CCCCC[C@H](NC(=O)OC(C)(C)C)C(=O)N3C1)C2. The third-order valence-electron chi connectivity index (χ3n) is 10.9. The van der Waals surface area contributed by atoms with Crippen LogP contribution in [-0.2, 0) is 47.0 Å². The molecular weight excluding hydrogens is 757 g/mol. The van der Waals surface area contributed by atoms with Gasteiger partial charge in [-0.2, -0.15) is 0 Å². The van der Waals surface area contributed by atoms with Crippen molar-refractivity contribution in [1.29, 1.82) is 0 Å². The number of carbonyl (C=O) groups excluding carboxylic acids is 5. The van der Waals surface area contributed by atoms with E-state index in [2.05, 4.69) is 34.5 Å². The van der Waals surface area contributed by atoms with Crippen molar-refractivity contribution in [3.05, 3.63) is 41.5 Å². The molecule has 6 rings (SSSR count). The van der Waals surface area contributed by atoms with Crippen LogP contribution in [0, 0.1) is 5.92 Å². The van der Waals surface area contributed by atoms with Gasteiger partial charge in [0.1, 0.15) is 41.7 Å². The van der Waals surface area contributed by atoms with Crippen LogP contribution in [0.5, 0.6) is 5.75 Å². The van der Waals surface area contributed by atoms with Crippen molar-refractivity contribution in [2.45, 2.75) is 146 Å². The monoisotopic (exact) mass is 814 g/mol. The van der Waals surface area contributed by atoms with Crippen LogP contribution in [-0.4, -0.2) is 108 Å². The molecular formula is C40H58N6O10S. The van der Waals surface area contributed by atoms with Gasteiger partial charge in [-0.25, -0.2) is 18.0 Å². The lowest BCUT2D eigenvalue weighted by atomic mass is 10.0. The van der Waals surface area contributed by atoms with Gasteiger partial charge >= 0.3 is 12.2 Å². The fraction of sp³-hybridized carbons (Fsp3) is 0.675. The van der Waals surface area contributed by atoms with Crippen LogP contribution in [0.25, 0.3) is 0 Å². The number of allylic oxidation sites excluding steroid dienone is 1. The maximum atomic E-state index is 14.4. The van der Waals surface area contributed by atoms with Crippen LogP contribution in [0.4, 0.5) is 9.59 Å². The zero-order valence-corrected chi connectivity index (χ0v) is 34.5. The Morgan fingerprint density at radius 1 is 1.04 bits per heavy atom. The zero-order chi connectivity index (χ0) is 41.1. The average molecular weight is 815 g/mol. The first-order valence-corrected chi connectivity index (χ1v) is 21.8. The second kappa shape index (κ2) is 17.2. The van der Waals surface area contributed by atoms with Crippen LogP contribution in [0.2, 0.25) is 0 Å². The summed E-state index contributed by atoms with van der Waals surface area (Å²) in [5.41, 5.74) is -0.496. The molecule has 3 heterocycles. The third-order valence-corrected chi connectivity index (χ3v) is 12.7. The molecule has 16 nitrogen and oxygen atoms in total. The molecule has 5 amide bonds. The van der Waals surface area contributed by atoms with Gasteiger partial charge in [-0.3, -0.25) is 24.0 Å². The van der Waals surface area contributed by atoms with Crippen molar-refractivity contribution in [2.75, 3.05) is 19.7 Å². The number of carbonyl (C=O) groups is 5. The number of nitrogens with one attached hydrogen (secondary N) is 4. The van der Waals surface area contributed by atoms with Crippen molar-refractivity contribution >= 4 is 39.9 Å². The van der Waals surface area contributed by atoms with Gasteiger partial charge in [-0.1, -0.05) is 44.9 Å². The van der Waals surface area contributed by atoms with Gasteiger partial charge in [0.2, 0.25) is 21.8 Å². The number of alkyl carbamates (subject to hydrolysis) is 1. The van der Waals surface area contributed by atoms with E-state index in [1.165, 1.54) is 4.90 Å². The topological polar surface area (TPSA) is 202 Å². The van der Waals surface area contributed by atoms with Gasteiger partial charge in [0.25, 0.3) is 5.91 Å². The molecule has 3 fully saturated rings. The van der Waals surface area contributed by atoms with Crippen LogP contribution in [0.3, 0.4) is 0 Å². The highest BCUT2D eigenvalue weighted by atomic mass is 32.2. The predicted octanol–water partition coefficient (Wildman–Crippen LogP) is 3.38. The van der Waals surface area contributed by atoms with E-state index in [9.17, 15) is 32.4 Å². The van der Waals surface area contributed by atoms with Gasteiger partial charge < -0.3 is 35.1 Å². The number of hydrogen-bond acceptors (Lipinski definition) is 11. The first kappa shape index (κ1) is 42.2. The molecule has 1 unspecified atom stereocenters. The van der Waals surface area contributed by atoms with E-state index in [0.29, 0.717) is 57.2 Å². The number of fused-ring (bicyclic) bond motifs is 3. The third kappa shape index (κ3) is 10.8. The number of ether oxygens (including phenoxy) is 3. The van der Waals surface area contributed by atoms with Gasteiger partial charge in [0.15, 0.2) is 0 Å². The Balaban J connectivity index is 1.19. The standard InChI is InChI=1S/C40H58N6O10S/c1-25(2)41-17-18-54-29-14-13-26-22-45(23-27(26)19-29)38(51)55-30-20-33-34(47)43-40(36(49)44-57(52,53)31-15-16-31)21-28(40)11-9-7-6-8-10-12-32(35(48)46(33)24-30)42-37(50)56-39(3,4)5/h9,11,13-14,19,25,28,30-33,41H,6-8,10,12,15-18,20-24H2,1-5H3,(H,42,50)(H,43,47)(H,44,49)/b11-9-/t28-,30+,32-,33?,40+/m0/s1. The van der Waals surface area contributed by atoms with Crippen LogP contribution in [0.15, 0.2) is 30.4 Å². The molecule has 4 N–H and O–H groups in total. The number of benzene rings is 1. The van der Waals surface area contributed by atoms with Gasteiger partial charge in [0, 0.05) is 38.0 Å². The molecule has 314 valence electrons. The summed E-state index contributed by atoms with van der Waals surface area (Å²) in [5.74, 6) is -1.83. The molecule has 2 saturated carbocycles. The maximum Gasteiger partial charge on any atom is 0.410 e. The molecule has 5 aliphatic rings. The highest BCUT2D eigenvalue weighted by Gasteiger charge is 2.62. The Kier molecular flexibility index (Phi) is 12.8. The van der Waals surface area contributed by atoms with E-state index in [1.54, 1.807) is 25.7 Å². The van der Waals surface area contributed by atoms with Crippen molar-refractivity contribution < 1.29 is 46.6 Å². The molecule has 0 bridgehead atoms. The van der Waals surface area contributed by atoms with Crippen molar-refractivity contribution in [3.8, 4) is 5.75 Å². The maximum absolute atomic E-state index is 14.4. The van der Waals surface area contributed by atoms with Crippen molar-refractivity contribution in [2.24, 2.45) is 5.92 Å². The molecule has 3 aliphatic heterocycles. The van der Waals surface area contributed by atoms with E-state index in [-0.39, 0.29) is 32.4 Å². The molecule has 57 heavy (non-hydrogen) atoms. The van der Waals surface area contributed by atoms with Crippen LogP contribution < -0.4 is 25.4 Å². The van der Waals surface area contributed by atoms with E-state index in [4.69, 9.17) is 14.2 Å². The van der Waals surface area contributed by atoms with E-state index in [1.807, 2.05) is 30.4 Å². The number of nitrogens with zero attached hydrogens (tertiary/aromatic N) is 2. The molecule has 0 spiro atoms. The summed E-state index contributed by atoms with van der Waals surface area (Å²) < 4.78 is 45.2. The lowest BCUT2D eigenvalue weighted by molar-refractivity contribution is -0.141. The van der Waals surface area contributed by atoms with E-state index in [0.717, 1.165) is 24.0 Å². The van der Waals surface area contributed by atoms with Gasteiger partial charge in [-0.05, 0) is 82.6 Å². The summed E-state index contributed by atoms with van der Waals surface area (Å²) >= 11 is 0. The normalized spacial score (nSPS) is 27.2. The highest BCUT2D eigenvalue weighted by molar-refractivity contribution is 7.91. The first-order valence-electron chi connectivity index (χ1n) is 20.2. The van der Waals surface area contributed by atoms with Crippen molar-refractivity contribution in [1.82, 2.24) is 30.5 Å². The summed E-state index contributed by atoms with van der Waals surface area (Å²) in [6.45, 7) is 10.9. The molecule has 1 saturated heterocycles. The van der Waals surface area contributed by atoms with Crippen molar-refractivity contribution in [3.63, 3.8) is 0 Å². The summed E-state index contributed by atoms with van der Waals surface area (Å²) in [5, 5.41) is 8.20. The molecule has 0 aromatic heterocycles. The fourth-order valence-corrected chi connectivity index (χ4v) is 8.98. The minimum absolute atomic E-state index is 0.0791. The number of amides is 5. The number of rotatable bonds is 10. The van der Waals surface area contributed by atoms with E-state index >= 15 is 0 Å². The lowest BCUT2D eigenvalue weighted by Gasteiger charge is -2.30. The molecule has 5 atom stereocenters. The summed E-state index contributed by atoms with van der Waals surface area (Å²) in [6, 6.07) is 3.79. The Morgan fingerprint density at radius 3 is 2.51 bits per heavy atom. The average Bonchev–Trinajstić information content (AvgIpc) is 4.01. The van der Waals surface area contributed by atoms with E-state index < -0.39 is 80.4 Å². The summed E-state index contributed by atoms with van der Waals surface area (Å²) in [4.78, 5) is 71.9. The number of hydrogen-bond donors (Lipinski definition) is 4. The molecule has 1 aromatic rings. The largest absolute Gasteiger partial charge is 0.492 e. The lowest BCUT2D eigenvalue weighted by Crippen LogP contribution is -2.58. The minimum Gasteiger partial charge on any atom is -0.492 e. The predicted molar refractivity (Wildman–Crippen MR) is 209 cm³/mol. The molecule has 0 radical (unpaired) electrons. The first-order chi connectivity index (χ1) is 26.9. The zero-order valence-electron chi connectivity index (χ0n) is 33.6. The Bertz CT molecular complexity index is 1840. The second-order valence-electron chi connectivity index (χ2n) is 17.2. The minimum atomic E-state index is -3.91. The summed E-state index contributed by atoms with van der Waals surface area (Å²) in [6.07, 6.45) is 5.53. The number of sulfonamides is 1. The van der Waals surface area contributed by atoms with Gasteiger partial charge in [0.05, 0.1) is 11.8 Å². The van der Waals surface area contributed by atoms with Crippen LogP contribution >= 0.6 is 0 Å². The Hall–Kier alpha value is -4.38. The molecule has 17 heteroatoms. The quantitative estimate of drug-likeness (QED) is 0.199. The smallest absolute Gasteiger partial charge is 0.410 e. The fourth-order valence-electron chi connectivity index (χ4n) is 7.62. The molecule has 2 aliphatic carbocycles. The molecule has 1 aromatic carbocycles.